The van der Waals surface area contributed by atoms with Crippen molar-refractivity contribution in [2.45, 2.75) is 0 Å². The highest BCUT2D eigenvalue weighted by molar-refractivity contribution is 9.10. The monoisotopic (exact) mass is 287 g/mol. The van der Waals surface area contributed by atoms with Gasteiger partial charge in [-0.3, -0.25) is 0 Å². The van der Waals surface area contributed by atoms with Crippen molar-refractivity contribution in [3.63, 3.8) is 0 Å². The number of halogens is 2. The minimum Gasteiger partial charge on any atom is -0.486 e. The zero-order valence-corrected chi connectivity index (χ0v) is 10.1. The molecular formula is C11H11BrFNO2. The van der Waals surface area contributed by atoms with Gasteiger partial charge in [0.1, 0.15) is 19.0 Å². The van der Waals surface area contributed by atoms with Crippen molar-refractivity contribution in [1.82, 2.24) is 0 Å². The van der Waals surface area contributed by atoms with Gasteiger partial charge in [0.15, 0.2) is 11.5 Å². The molecule has 0 bridgehead atoms. The van der Waals surface area contributed by atoms with E-state index in [0.29, 0.717) is 41.3 Å². The van der Waals surface area contributed by atoms with Crippen LogP contribution in [0.2, 0.25) is 0 Å². The molecule has 3 nitrogen and oxygen atoms in total. The van der Waals surface area contributed by atoms with Gasteiger partial charge in [-0.15, -0.1) is 0 Å². The van der Waals surface area contributed by atoms with Crippen LogP contribution < -0.4 is 15.2 Å². The normalized spacial score (nSPS) is 14.4. The molecule has 0 aliphatic carbocycles. The second kappa shape index (κ2) is 4.84. The number of nitrogens with two attached hydrogens (primary N) is 1. The van der Waals surface area contributed by atoms with E-state index in [1.54, 1.807) is 18.2 Å². The number of fused-ring (bicyclic) bond motifs is 1. The summed E-state index contributed by atoms with van der Waals surface area (Å²) in [6.45, 7) is 1.25. The van der Waals surface area contributed by atoms with E-state index in [1.165, 1.54) is 0 Å². The molecule has 0 saturated heterocycles. The van der Waals surface area contributed by atoms with Crippen LogP contribution in [-0.4, -0.2) is 19.8 Å². The molecule has 1 aromatic carbocycles. The van der Waals surface area contributed by atoms with Gasteiger partial charge in [-0.1, -0.05) is 12.2 Å². The Morgan fingerprint density at radius 1 is 1.44 bits per heavy atom. The summed E-state index contributed by atoms with van der Waals surface area (Å²) in [5.74, 6) is 0.627. The minimum atomic E-state index is -0.367. The Balaban J connectivity index is 2.54. The smallest absolute Gasteiger partial charge is 0.171 e. The van der Waals surface area contributed by atoms with Gasteiger partial charge in [0.05, 0.1) is 10.0 Å². The van der Waals surface area contributed by atoms with Gasteiger partial charge in [-0.2, -0.15) is 0 Å². The average Bonchev–Trinajstić information content (AvgIpc) is 2.30. The largest absolute Gasteiger partial charge is 0.486 e. The van der Waals surface area contributed by atoms with Gasteiger partial charge in [0.25, 0.3) is 0 Å². The highest BCUT2D eigenvalue weighted by Gasteiger charge is 2.20. The zero-order valence-electron chi connectivity index (χ0n) is 8.50. The fraction of sp³-hybridized carbons (Fsp3) is 0.273. The van der Waals surface area contributed by atoms with E-state index in [9.17, 15) is 4.39 Å². The van der Waals surface area contributed by atoms with Crippen LogP contribution in [0.4, 0.5) is 4.39 Å². The molecule has 86 valence electrons. The Morgan fingerprint density at radius 3 is 2.94 bits per heavy atom. The van der Waals surface area contributed by atoms with Crippen molar-refractivity contribution < 1.29 is 13.9 Å². The Kier molecular flexibility index (Phi) is 3.46. The molecule has 0 spiro atoms. The Labute approximate surface area is 101 Å². The standard InChI is InChI=1S/C11H11BrFNO2/c12-8-6-9-11(16-5-4-15-9)7(10(8)13)2-1-3-14/h1-2,6H,3-5,14H2/b2-1+. The second-order valence-corrected chi connectivity index (χ2v) is 4.10. The Morgan fingerprint density at radius 2 is 2.19 bits per heavy atom. The van der Waals surface area contributed by atoms with Crippen LogP contribution in [0.25, 0.3) is 6.08 Å². The summed E-state index contributed by atoms with van der Waals surface area (Å²) >= 11 is 3.14. The van der Waals surface area contributed by atoms with E-state index < -0.39 is 0 Å². The quantitative estimate of drug-likeness (QED) is 0.908. The van der Waals surface area contributed by atoms with Crippen molar-refractivity contribution in [1.29, 1.82) is 0 Å². The number of ether oxygens (including phenoxy) is 2. The summed E-state index contributed by atoms with van der Waals surface area (Å²) in [4.78, 5) is 0. The maximum absolute atomic E-state index is 13.8. The third-order valence-corrected chi connectivity index (χ3v) is 2.76. The third-order valence-electron chi connectivity index (χ3n) is 2.18. The van der Waals surface area contributed by atoms with E-state index in [-0.39, 0.29) is 5.82 Å². The Hall–Kier alpha value is -1.07. The summed E-state index contributed by atoms with van der Waals surface area (Å²) in [5.41, 5.74) is 5.72. The van der Waals surface area contributed by atoms with Crippen LogP contribution in [0.1, 0.15) is 5.56 Å². The average molecular weight is 288 g/mol. The van der Waals surface area contributed by atoms with Crippen LogP contribution in [0.5, 0.6) is 11.5 Å². The summed E-state index contributed by atoms with van der Waals surface area (Å²) in [6.07, 6.45) is 3.27. The first-order chi connectivity index (χ1) is 7.74. The lowest BCUT2D eigenvalue weighted by molar-refractivity contribution is 0.170. The second-order valence-electron chi connectivity index (χ2n) is 3.25. The number of hydrogen-bond acceptors (Lipinski definition) is 3. The fourth-order valence-electron chi connectivity index (χ4n) is 1.49. The van der Waals surface area contributed by atoms with E-state index in [4.69, 9.17) is 15.2 Å². The first-order valence-corrected chi connectivity index (χ1v) is 5.67. The van der Waals surface area contributed by atoms with Crippen LogP contribution in [0, 0.1) is 5.82 Å². The lowest BCUT2D eigenvalue weighted by Gasteiger charge is -2.21. The molecule has 0 unspecified atom stereocenters. The van der Waals surface area contributed by atoms with Gasteiger partial charge in [-0.05, 0) is 15.9 Å². The molecule has 1 heterocycles. The van der Waals surface area contributed by atoms with Gasteiger partial charge in [0, 0.05) is 12.6 Å². The van der Waals surface area contributed by atoms with Crippen molar-refractivity contribution in [2.75, 3.05) is 19.8 Å². The summed E-state index contributed by atoms with van der Waals surface area (Å²) in [6, 6.07) is 1.57. The number of rotatable bonds is 2. The van der Waals surface area contributed by atoms with Crippen molar-refractivity contribution in [2.24, 2.45) is 5.73 Å². The number of hydrogen-bond donors (Lipinski definition) is 1. The SMILES string of the molecule is NC/C=C/c1c(F)c(Br)cc2c1OCCO2. The number of benzene rings is 1. The molecule has 2 rings (SSSR count). The Bertz CT molecular complexity index is 434. The molecule has 1 aliphatic rings. The maximum atomic E-state index is 13.8. The lowest BCUT2D eigenvalue weighted by Crippen LogP contribution is -2.16. The molecule has 16 heavy (non-hydrogen) atoms. The summed E-state index contributed by atoms with van der Waals surface area (Å²) in [7, 11) is 0. The van der Waals surface area contributed by atoms with Crippen LogP contribution in [-0.2, 0) is 0 Å². The molecule has 0 saturated carbocycles. The molecule has 0 amide bonds. The van der Waals surface area contributed by atoms with E-state index in [2.05, 4.69) is 15.9 Å². The van der Waals surface area contributed by atoms with Gasteiger partial charge in [-0.25, -0.2) is 4.39 Å². The van der Waals surface area contributed by atoms with Gasteiger partial charge < -0.3 is 15.2 Å². The lowest BCUT2D eigenvalue weighted by atomic mass is 10.1. The van der Waals surface area contributed by atoms with E-state index in [0.717, 1.165) is 0 Å². The molecule has 1 aromatic rings. The van der Waals surface area contributed by atoms with Gasteiger partial charge >= 0.3 is 0 Å². The van der Waals surface area contributed by atoms with Crippen LogP contribution in [0.15, 0.2) is 16.6 Å². The third kappa shape index (κ3) is 2.05. The highest BCUT2D eigenvalue weighted by atomic mass is 79.9. The highest BCUT2D eigenvalue weighted by Crippen LogP contribution is 2.39. The maximum Gasteiger partial charge on any atom is 0.171 e. The summed E-state index contributed by atoms with van der Waals surface area (Å²) < 4.78 is 25.0. The predicted octanol–water partition coefficient (Wildman–Crippen LogP) is 2.33. The molecule has 0 fully saturated rings. The molecular weight excluding hydrogens is 277 g/mol. The molecule has 0 radical (unpaired) electrons. The minimum absolute atomic E-state index is 0.349. The van der Waals surface area contributed by atoms with E-state index in [1.807, 2.05) is 0 Å². The molecule has 0 atom stereocenters. The van der Waals surface area contributed by atoms with Crippen LogP contribution >= 0.6 is 15.9 Å². The fourth-order valence-corrected chi connectivity index (χ4v) is 1.91. The van der Waals surface area contributed by atoms with Gasteiger partial charge in [0.2, 0.25) is 0 Å². The molecule has 2 N–H and O–H groups in total. The molecule has 5 heteroatoms. The predicted molar refractivity (Wildman–Crippen MR) is 63.2 cm³/mol. The van der Waals surface area contributed by atoms with Crippen molar-refractivity contribution in [3.8, 4) is 11.5 Å². The molecule has 0 aromatic heterocycles. The van der Waals surface area contributed by atoms with E-state index >= 15 is 0 Å². The first-order valence-electron chi connectivity index (χ1n) is 4.88. The zero-order chi connectivity index (χ0) is 11.5. The topological polar surface area (TPSA) is 44.5 Å². The van der Waals surface area contributed by atoms with Crippen molar-refractivity contribution in [3.05, 3.63) is 28.0 Å². The first kappa shape index (κ1) is 11.4. The molecule has 1 aliphatic heterocycles. The van der Waals surface area contributed by atoms with Crippen molar-refractivity contribution >= 4 is 22.0 Å². The summed E-state index contributed by atoms with van der Waals surface area (Å²) in [5, 5.41) is 0. The van der Waals surface area contributed by atoms with Crippen LogP contribution in [0.3, 0.4) is 0 Å².